The van der Waals surface area contributed by atoms with Crippen LogP contribution in [0.3, 0.4) is 0 Å². The molecule has 1 aliphatic heterocycles. The predicted octanol–water partition coefficient (Wildman–Crippen LogP) is 5.04. The minimum atomic E-state index is -0.730. The Morgan fingerprint density at radius 1 is 1.00 bits per heavy atom. The smallest absolute Gasteiger partial charge is 0.363 e. The van der Waals surface area contributed by atoms with Crippen LogP contribution < -0.4 is 4.74 Å². The van der Waals surface area contributed by atoms with Crippen LogP contribution in [-0.4, -0.2) is 17.8 Å². The molecule has 0 radical (unpaired) electrons. The number of carbonyl (C=O) groups is 2. The molecule has 0 bridgehead atoms. The van der Waals surface area contributed by atoms with Crippen molar-refractivity contribution in [2.75, 3.05) is 0 Å². The van der Waals surface area contributed by atoms with Gasteiger partial charge in [0, 0.05) is 10.6 Å². The van der Waals surface area contributed by atoms with Crippen LogP contribution >= 0.6 is 11.6 Å². The monoisotopic (exact) mass is 421 g/mol. The van der Waals surface area contributed by atoms with Crippen LogP contribution in [0, 0.1) is 5.82 Å². The molecule has 1 heterocycles. The average molecular weight is 422 g/mol. The Balaban J connectivity index is 1.63. The first-order valence-electron chi connectivity index (χ1n) is 8.85. The van der Waals surface area contributed by atoms with Gasteiger partial charge in [-0.25, -0.2) is 19.0 Å². The molecule has 0 aromatic heterocycles. The van der Waals surface area contributed by atoms with Crippen LogP contribution in [0.15, 0.2) is 83.5 Å². The van der Waals surface area contributed by atoms with Crippen molar-refractivity contribution < 1.29 is 23.5 Å². The summed E-state index contributed by atoms with van der Waals surface area (Å²) in [6.07, 6.45) is 1.42. The summed E-state index contributed by atoms with van der Waals surface area (Å²) in [5.41, 5.74) is 0.798. The maximum absolute atomic E-state index is 14.0. The number of benzene rings is 3. The predicted molar refractivity (Wildman–Crippen MR) is 110 cm³/mol. The fourth-order valence-electron chi connectivity index (χ4n) is 2.74. The van der Waals surface area contributed by atoms with E-state index in [1.165, 1.54) is 24.3 Å². The minimum absolute atomic E-state index is 0.0387. The third-order valence-electron chi connectivity index (χ3n) is 4.22. The zero-order chi connectivity index (χ0) is 21.1. The molecule has 0 fully saturated rings. The summed E-state index contributed by atoms with van der Waals surface area (Å²) < 4.78 is 24.5. The Bertz CT molecular complexity index is 1200. The molecule has 3 aromatic rings. The number of rotatable bonds is 4. The SMILES string of the molecule is O=C1OC(c2ccccc2F)=NC1=Cc1ccccc1OC(=O)c1ccc(Cl)cc1. The molecule has 0 aliphatic carbocycles. The lowest BCUT2D eigenvalue weighted by Crippen LogP contribution is -2.09. The van der Waals surface area contributed by atoms with Gasteiger partial charge in [-0.05, 0) is 48.5 Å². The van der Waals surface area contributed by atoms with Gasteiger partial charge in [0.2, 0.25) is 5.90 Å². The number of hydrogen-bond acceptors (Lipinski definition) is 5. The lowest BCUT2D eigenvalue weighted by molar-refractivity contribution is -0.129. The number of aliphatic imine (C=N–C) groups is 1. The fourth-order valence-corrected chi connectivity index (χ4v) is 2.87. The zero-order valence-electron chi connectivity index (χ0n) is 15.3. The first kappa shape index (κ1) is 19.5. The van der Waals surface area contributed by atoms with E-state index in [-0.39, 0.29) is 22.9 Å². The van der Waals surface area contributed by atoms with Crippen LogP contribution in [0.1, 0.15) is 21.5 Å². The Morgan fingerprint density at radius 2 is 1.70 bits per heavy atom. The second kappa shape index (κ2) is 8.31. The molecule has 1 aliphatic rings. The number of ether oxygens (including phenoxy) is 2. The maximum Gasteiger partial charge on any atom is 0.363 e. The van der Waals surface area contributed by atoms with Gasteiger partial charge in [0.25, 0.3) is 0 Å². The topological polar surface area (TPSA) is 65.0 Å². The van der Waals surface area contributed by atoms with Gasteiger partial charge in [-0.3, -0.25) is 0 Å². The molecule has 0 spiro atoms. The highest BCUT2D eigenvalue weighted by molar-refractivity contribution is 6.30. The molecule has 30 heavy (non-hydrogen) atoms. The van der Waals surface area contributed by atoms with Crippen molar-refractivity contribution in [2.24, 2.45) is 4.99 Å². The van der Waals surface area contributed by atoms with Crippen molar-refractivity contribution in [1.29, 1.82) is 0 Å². The largest absolute Gasteiger partial charge is 0.422 e. The quantitative estimate of drug-likeness (QED) is 0.336. The van der Waals surface area contributed by atoms with Crippen LogP contribution in [-0.2, 0) is 9.53 Å². The van der Waals surface area contributed by atoms with Gasteiger partial charge in [0.1, 0.15) is 11.6 Å². The van der Waals surface area contributed by atoms with E-state index in [1.807, 2.05) is 0 Å². The lowest BCUT2D eigenvalue weighted by Gasteiger charge is -2.07. The minimum Gasteiger partial charge on any atom is -0.422 e. The second-order valence-electron chi connectivity index (χ2n) is 6.25. The molecular formula is C23H13ClFNO4. The van der Waals surface area contributed by atoms with E-state index in [1.54, 1.807) is 54.6 Å². The Labute approximate surface area is 176 Å². The molecule has 4 rings (SSSR count). The number of hydrogen-bond donors (Lipinski definition) is 0. The molecule has 0 saturated heterocycles. The summed E-state index contributed by atoms with van der Waals surface area (Å²) in [6, 6.07) is 18.8. The van der Waals surface area contributed by atoms with Gasteiger partial charge in [0.05, 0.1) is 11.1 Å². The van der Waals surface area contributed by atoms with Crippen molar-refractivity contribution in [2.45, 2.75) is 0 Å². The van der Waals surface area contributed by atoms with E-state index >= 15 is 0 Å². The van der Waals surface area contributed by atoms with E-state index in [2.05, 4.69) is 4.99 Å². The van der Waals surface area contributed by atoms with Gasteiger partial charge in [0.15, 0.2) is 5.70 Å². The van der Waals surface area contributed by atoms with Crippen LogP contribution in [0.5, 0.6) is 5.75 Å². The van der Waals surface area contributed by atoms with E-state index in [0.29, 0.717) is 16.1 Å². The highest BCUT2D eigenvalue weighted by Crippen LogP contribution is 2.26. The summed E-state index contributed by atoms with van der Waals surface area (Å²) in [7, 11) is 0. The first-order valence-corrected chi connectivity index (χ1v) is 9.23. The highest BCUT2D eigenvalue weighted by Gasteiger charge is 2.26. The summed E-state index contributed by atoms with van der Waals surface area (Å²) in [4.78, 5) is 28.7. The standard InChI is InChI=1S/C23H13ClFNO4/c24-16-11-9-14(10-12-16)22(27)29-20-8-4-1-5-15(20)13-19-23(28)30-21(26-19)17-6-2-3-7-18(17)25/h1-13H. The average Bonchev–Trinajstić information content (AvgIpc) is 3.10. The van der Waals surface area contributed by atoms with Gasteiger partial charge < -0.3 is 9.47 Å². The second-order valence-corrected chi connectivity index (χ2v) is 6.69. The molecule has 7 heteroatoms. The molecule has 0 unspecified atom stereocenters. The number of nitrogens with zero attached hydrogens (tertiary/aromatic N) is 1. The molecular weight excluding hydrogens is 409 g/mol. The van der Waals surface area contributed by atoms with E-state index in [9.17, 15) is 14.0 Å². The third-order valence-corrected chi connectivity index (χ3v) is 4.47. The third kappa shape index (κ3) is 4.14. The van der Waals surface area contributed by atoms with Crippen molar-refractivity contribution in [1.82, 2.24) is 0 Å². The Morgan fingerprint density at radius 3 is 2.47 bits per heavy atom. The highest BCUT2D eigenvalue weighted by atomic mass is 35.5. The van der Waals surface area contributed by atoms with E-state index in [4.69, 9.17) is 21.1 Å². The maximum atomic E-state index is 14.0. The number of para-hydroxylation sites is 1. The van der Waals surface area contributed by atoms with Gasteiger partial charge >= 0.3 is 11.9 Å². The molecule has 0 saturated carbocycles. The number of cyclic esters (lactones) is 1. The molecule has 0 atom stereocenters. The van der Waals surface area contributed by atoms with Gasteiger partial charge in [-0.1, -0.05) is 41.9 Å². The van der Waals surface area contributed by atoms with Crippen LogP contribution in [0.25, 0.3) is 6.08 Å². The number of esters is 2. The van der Waals surface area contributed by atoms with Crippen LogP contribution in [0.2, 0.25) is 5.02 Å². The summed E-state index contributed by atoms with van der Waals surface area (Å²) in [6.45, 7) is 0. The normalized spacial score (nSPS) is 14.4. The zero-order valence-corrected chi connectivity index (χ0v) is 16.1. The Kier molecular flexibility index (Phi) is 5.41. The van der Waals surface area contributed by atoms with Crippen molar-refractivity contribution in [3.05, 3.63) is 106 Å². The summed E-state index contributed by atoms with van der Waals surface area (Å²) in [5.74, 6) is -1.76. The van der Waals surface area contributed by atoms with E-state index < -0.39 is 17.8 Å². The summed E-state index contributed by atoms with van der Waals surface area (Å²) >= 11 is 5.84. The molecule has 3 aromatic carbocycles. The van der Waals surface area contributed by atoms with E-state index in [0.717, 1.165) is 0 Å². The first-order chi connectivity index (χ1) is 14.5. The number of carbonyl (C=O) groups excluding carboxylic acids is 2. The summed E-state index contributed by atoms with van der Waals surface area (Å²) in [5, 5.41) is 0.500. The van der Waals surface area contributed by atoms with Gasteiger partial charge in [-0.2, -0.15) is 0 Å². The molecule has 148 valence electrons. The van der Waals surface area contributed by atoms with Gasteiger partial charge in [-0.15, -0.1) is 0 Å². The Hall–Kier alpha value is -3.77. The lowest BCUT2D eigenvalue weighted by atomic mass is 10.1. The van der Waals surface area contributed by atoms with Crippen molar-refractivity contribution in [3.8, 4) is 5.75 Å². The van der Waals surface area contributed by atoms with Crippen molar-refractivity contribution in [3.63, 3.8) is 0 Å². The molecule has 0 N–H and O–H groups in total. The number of halogens is 2. The fraction of sp³-hybridized carbons (Fsp3) is 0. The van der Waals surface area contributed by atoms with Crippen LogP contribution in [0.4, 0.5) is 4.39 Å². The van der Waals surface area contributed by atoms with Crippen molar-refractivity contribution >= 4 is 35.5 Å². The molecule has 0 amide bonds. The molecule has 5 nitrogen and oxygen atoms in total.